The highest BCUT2D eigenvalue weighted by Crippen LogP contribution is 2.18. The third kappa shape index (κ3) is 5.13. The summed E-state index contributed by atoms with van der Waals surface area (Å²) in [5, 5.41) is 13.7. The van der Waals surface area contributed by atoms with Gasteiger partial charge in [-0.1, -0.05) is 30.3 Å². The van der Waals surface area contributed by atoms with E-state index in [9.17, 15) is 14.4 Å². The summed E-state index contributed by atoms with van der Waals surface area (Å²) in [4.78, 5) is 41.5. The van der Waals surface area contributed by atoms with Gasteiger partial charge in [0.15, 0.2) is 5.69 Å². The van der Waals surface area contributed by atoms with Crippen LogP contribution in [0.5, 0.6) is 0 Å². The van der Waals surface area contributed by atoms with Crippen LogP contribution in [-0.2, 0) is 22.6 Å². The fourth-order valence-corrected chi connectivity index (χ4v) is 3.81. The van der Waals surface area contributed by atoms with Crippen LogP contribution in [0.2, 0.25) is 0 Å². The minimum Gasteiger partial charge on any atom is -0.476 e. The van der Waals surface area contributed by atoms with E-state index in [2.05, 4.69) is 10.3 Å². The standard InChI is InChI=1S/C19H21N3O4S/c23-17(9-13-5-2-1-3-6-13)22-8-4-7-14(11-22)18(24)20-10-16-21-15(12-27-16)19(25)26/h1-3,5-6,12,14H,4,7-11H2,(H,20,24)(H,25,26). The second kappa shape index (κ2) is 8.77. The lowest BCUT2D eigenvalue weighted by molar-refractivity contribution is -0.135. The van der Waals surface area contributed by atoms with Crippen molar-refractivity contribution in [3.8, 4) is 0 Å². The van der Waals surface area contributed by atoms with Gasteiger partial charge in [-0.25, -0.2) is 9.78 Å². The highest BCUT2D eigenvalue weighted by Gasteiger charge is 2.28. The Balaban J connectivity index is 1.51. The molecule has 8 heteroatoms. The van der Waals surface area contributed by atoms with Gasteiger partial charge in [0.1, 0.15) is 5.01 Å². The number of carboxylic acids is 1. The van der Waals surface area contributed by atoms with Crippen molar-refractivity contribution in [3.05, 3.63) is 52.0 Å². The van der Waals surface area contributed by atoms with E-state index in [1.807, 2.05) is 30.3 Å². The minimum atomic E-state index is -1.08. The van der Waals surface area contributed by atoms with Crippen LogP contribution in [0.3, 0.4) is 0 Å². The Bertz CT molecular complexity index is 821. The molecule has 2 amide bonds. The molecule has 0 aliphatic carbocycles. The molecule has 142 valence electrons. The molecule has 2 aromatic rings. The van der Waals surface area contributed by atoms with Crippen molar-refractivity contribution in [2.45, 2.75) is 25.8 Å². The third-order valence-electron chi connectivity index (χ3n) is 4.53. The van der Waals surface area contributed by atoms with Crippen LogP contribution >= 0.6 is 11.3 Å². The van der Waals surface area contributed by atoms with Crippen molar-refractivity contribution >= 4 is 29.1 Å². The highest BCUT2D eigenvalue weighted by molar-refractivity contribution is 7.09. The maximum absolute atomic E-state index is 12.5. The van der Waals surface area contributed by atoms with Crippen LogP contribution in [0.25, 0.3) is 0 Å². The molecular weight excluding hydrogens is 366 g/mol. The number of likely N-dealkylation sites (tertiary alicyclic amines) is 1. The SMILES string of the molecule is O=C(O)c1csc(CNC(=O)C2CCCN(C(=O)Cc3ccccc3)C2)n1. The molecule has 3 rings (SSSR count). The Labute approximate surface area is 161 Å². The number of carbonyl (C=O) groups is 3. The number of hydrogen-bond donors (Lipinski definition) is 2. The van der Waals surface area contributed by atoms with E-state index in [1.54, 1.807) is 4.90 Å². The van der Waals surface area contributed by atoms with Gasteiger partial charge in [-0.2, -0.15) is 0 Å². The lowest BCUT2D eigenvalue weighted by Gasteiger charge is -2.32. The summed E-state index contributed by atoms with van der Waals surface area (Å²) in [5.74, 6) is -1.43. The Kier molecular flexibility index (Phi) is 6.18. The van der Waals surface area contributed by atoms with E-state index in [0.717, 1.165) is 18.4 Å². The number of carboxylic acid groups (broad SMARTS) is 1. The third-order valence-corrected chi connectivity index (χ3v) is 5.38. The summed E-state index contributed by atoms with van der Waals surface area (Å²) in [6.45, 7) is 1.28. The molecular formula is C19H21N3O4S. The van der Waals surface area contributed by atoms with Gasteiger partial charge in [0.25, 0.3) is 0 Å². The Morgan fingerprint density at radius 3 is 2.74 bits per heavy atom. The summed E-state index contributed by atoms with van der Waals surface area (Å²) in [6, 6.07) is 9.57. The van der Waals surface area contributed by atoms with E-state index < -0.39 is 5.97 Å². The Morgan fingerprint density at radius 1 is 1.26 bits per heavy atom. The number of benzene rings is 1. The van der Waals surface area contributed by atoms with E-state index in [4.69, 9.17) is 5.11 Å². The number of aromatic nitrogens is 1. The van der Waals surface area contributed by atoms with Crippen LogP contribution < -0.4 is 5.32 Å². The molecule has 1 aliphatic heterocycles. The smallest absolute Gasteiger partial charge is 0.355 e. The highest BCUT2D eigenvalue weighted by atomic mass is 32.1. The summed E-state index contributed by atoms with van der Waals surface area (Å²) < 4.78 is 0. The first-order valence-electron chi connectivity index (χ1n) is 8.80. The number of aromatic carboxylic acids is 1. The summed E-state index contributed by atoms with van der Waals surface area (Å²) in [6.07, 6.45) is 1.87. The Hall–Kier alpha value is -2.74. The van der Waals surface area contributed by atoms with Gasteiger partial charge >= 0.3 is 5.97 Å². The summed E-state index contributed by atoms with van der Waals surface area (Å²) in [7, 11) is 0. The fraction of sp³-hybridized carbons (Fsp3) is 0.368. The van der Waals surface area contributed by atoms with Gasteiger partial charge in [0.05, 0.1) is 18.9 Å². The number of thiazole rings is 1. The van der Waals surface area contributed by atoms with Crippen LogP contribution in [0, 0.1) is 5.92 Å². The molecule has 1 fully saturated rings. The zero-order chi connectivity index (χ0) is 19.2. The Morgan fingerprint density at radius 2 is 2.04 bits per heavy atom. The summed E-state index contributed by atoms with van der Waals surface area (Å²) >= 11 is 1.20. The van der Waals surface area contributed by atoms with Gasteiger partial charge in [0, 0.05) is 18.5 Å². The number of amides is 2. The number of rotatable bonds is 6. The van der Waals surface area contributed by atoms with Crippen molar-refractivity contribution in [1.82, 2.24) is 15.2 Å². The van der Waals surface area contributed by atoms with E-state index in [1.165, 1.54) is 16.7 Å². The maximum Gasteiger partial charge on any atom is 0.355 e. The fourth-order valence-electron chi connectivity index (χ4n) is 3.10. The van der Waals surface area contributed by atoms with Gasteiger partial charge in [-0.3, -0.25) is 9.59 Å². The number of carbonyl (C=O) groups excluding carboxylic acids is 2. The van der Waals surface area contributed by atoms with Gasteiger partial charge in [0.2, 0.25) is 11.8 Å². The molecule has 1 aromatic heterocycles. The lowest BCUT2D eigenvalue weighted by atomic mass is 9.96. The predicted molar refractivity (Wildman–Crippen MR) is 100 cm³/mol. The first kappa shape index (κ1) is 19.0. The van der Waals surface area contributed by atoms with Crippen LogP contribution in [-0.4, -0.2) is 45.9 Å². The van der Waals surface area contributed by atoms with Crippen molar-refractivity contribution in [1.29, 1.82) is 0 Å². The summed E-state index contributed by atoms with van der Waals surface area (Å²) in [5.41, 5.74) is 0.951. The molecule has 1 atom stereocenters. The molecule has 0 radical (unpaired) electrons. The second-order valence-electron chi connectivity index (χ2n) is 6.49. The van der Waals surface area contributed by atoms with Crippen molar-refractivity contribution < 1.29 is 19.5 Å². The van der Waals surface area contributed by atoms with Gasteiger partial charge in [-0.15, -0.1) is 11.3 Å². The number of piperidine rings is 1. The molecule has 27 heavy (non-hydrogen) atoms. The normalized spacial score (nSPS) is 16.7. The molecule has 0 spiro atoms. The van der Waals surface area contributed by atoms with Crippen molar-refractivity contribution in [2.75, 3.05) is 13.1 Å². The van der Waals surface area contributed by atoms with Gasteiger partial charge in [-0.05, 0) is 18.4 Å². The zero-order valence-corrected chi connectivity index (χ0v) is 15.6. The van der Waals surface area contributed by atoms with E-state index >= 15 is 0 Å². The molecule has 0 bridgehead atoms. The van der Waals surface area contributed by atoms with Crippen LogP contribution in [0.15, 0.2) is 35.7 Å². The lowest BCUT2D eigenvalue weighted by Crippen LogP contribution is -2.45. The van der Waals surface area contributed by atoms with E-state index in [0.29, 0.717) is 24.5 Å². The average molecular weight is 387 g/mol. The molecule has 1 saturated heterocycles. The monoisotopic (exact) mass is 387 g/mol. The number of nitrogens with one attached hydrogen (secondary N) is 1. The van der Waals surface area contributed by atoms with Crippen molar-refractivity contribution in [3.63, 3.8) is 0 Å². The molecule has 2 N–H and O–H groups in total. The molecule has 0 saturated carbocycles. The van der Waals surface area contributed by atoms with Gasteiger partial charge < -0.3 is 15.3 Å². The molecule has 2 heterocycles. The first-order valence-corrected chi connectivity index (χ1v) is 9.68. The molecule has 1 unspecified atom stereocenters. The second-order valence-corrected chi connectivity index (χ2v) is 7.43. The molecule has 1 aromatic carbocycles. The minimum absolute atomic E-state index is 0.0143. The number of hydrogen-bond acceptors (Lipinski definition) is 5. The molecule has 7 nitrogen and oxygen atoms in total. The topological polar surface area (TPSA) is 99.6 Å². The first-order chi connectivity index (χ1) is 13.0. The van der Waals surface area contributed by atoms with E-state index in [-0.39, 0.29) is 30.0 Å². The number of nitrogens with zero attached hydrogens (tertiary/aromatic N) is 2. The average Bonchev–Trinajstić information content (AvgIpc) is 3.16. The predicted octanol–water partition coefficient (Wildman–Crippen LogP) is 1.94. The largest absolute Gasteiger partial charge is 0.476 e. The zero-order valence-electron chi connectivity index (χ0n) is 14.8. The quantitative estimate of drug-likeness (QED) is 0.789. The van der Waals surface area contributed by atoms with Crippen LogP contribution in [0.1, 0.15) is 33.9 Å². The van der Waals surface area contributed by atoms with Crippen molar-refractivity contribution in [2.24, 2.45) is 5.92 Å². The maximum atomic E-state index is 12.5. The molecule has 1 aliphatic rings. The van der Waals surface area contributed by atoms with Crippen LogP contribution in [0.4, 0.5) is 0 Å².